The highest BCUT2D eigenvalue weighted by Crippen LogP contribution is 2.34. The van der Waals surface area contributed by atoms with Crippen LogP contribution in [0.4, 0.5) is 0 Å². The highest BCUT2D eigenvalue weighted by atomic mass is 35.5. The predicted molar refractivity (Wildman–Crippen MR) is 80.7 cm³/mol. The molecule has 1 saturated heterocycles. The average Bonchev–Trinajstić information content (AvgIpc) is 2.43. The standard InChI is InChI=1S/C17H16ClNO/c18-17(20)15-11-19(12-15)16(13-7-3-1-4-8-13)14-9-5-2-6-10-14/h1-10,15-16H,11-12H2. The summed E-state index contributed by atoms with van der Waals surface area (Å²) in [6, 6.07) is 21.0. The fourth-order valence-corrected chi connectivity index (χ4v) is 2.89. The second-order valence-corrected chi connectivity index (χ2v) is 5.55. The van der Waals surface area contributed by atoms with Gasteiger partial charge in [0.05, 0.1) is 12.0 Å². The molecule has 1 heterocycles. The monoisotopic (exact) mass is 285 g/mol. The largest absolute Gasteiger partial charge is 0.291 e. The van der Waals surface area contributed by atoms with Crippen LogP contribution in [0.3, 0.4) is 0 Å². The molecule has 0 aromatic heterocycles. The first kappa shape index (κ1) is 13.3. The minimum atomic E-state index is -0.221. The lowest BCUT2D eigenvalue weighted by Crippen LogP contribution is -2.51. The Morgan fingerprint density at radius 1 is 0.950 bits per heavy atom. The molecule has 1 aliphatic heterocycles. The van der Waals surface area contributed by atoms with Gasteiger partial charge in [-0.25, -0.2) is 0 Å². The minimum Gasteiger partial charge on any atom is -0.291 e. The smallest absolute Gasteiger partial charge is 0.227 e. The number of carbonyl (C=O) groups is 1. The van der Waals surface area contributed by atoms with E-state index in [1.165, 1.54) is 11.1 Å². The number of nitrogens with zero attached hydrogens (tertiary/aromatic N) is 1. The van der Waals surface area contributed by atoms with E-state index in [-0.39, 0.29) is 17.2 Å². The maximum absolute atomic E-state index is 11.2. The van der Waals surface area contributed by atoms with Crippen molar-refractivity contribution < 1.29 is 4.79 Å². The number of benzene rings is 2. The van der Waals surface area contributed by atoms with Crippen LogP contribution in [0.2, 0.25) is 0 Å². The molecule has 0 N–H and O–H groups in total. The first-order valence-electron chi connectivity index (χ1n) is 6.79. The Labute approximate surface area is 124 Å². The molecule has 0 spiro atoms. The topological polar surface area (TPSA) is 20.3 Å². The Bertz CT molecular complexity index is 539. The molecule has 0 aliphatic carbocycles. The van der Waals surface area contributed by atoms with E-state index in [1.54, 1.807) is 0 Å². The second-order valence-electron chi connectivity index (χ2n) is 5.18. The minimum absolute atomic E-state index is 0.0217. The summed E-state index contributed by atoms with van der Waals surface area (Å²) in [5.41, 5.74) is 2.50. The third-order valence-corrected chi connectivity index (χ3v) is 4.14. The number of carbonyl (C=O) groups excluding carboxylic acids is 1. The van der Waals surface area contributed by atoms with Gasteiger partial charge in [0.1, 0.15) is 0 Å². The van der Waals surface area contributed by atoms with Gasteiger partial charge < -0.3 is 0 Å². The molecule has 1 aliphatic rings. The van der Waals surface area contributed by atoms with E-state index in [1.807, 2.05) is 12.1 Å². The van der Waals surface area contributed by atoms with Crippen LogP contribution >= 0.6 is 11.6 Å². The van der Waals surface area contributed by atoms with Gasteiger partial charge in [-0.15, -0.1) is 0 Å². The highest BCUT2D eigenvalue weighted by Gasteiger charge is 2.37. The lowest BCUT2D eigenvalue weighted by atomic mass is 9.91. The van der Waals surface area contributed by atoms with Crippen molar-refractivity contribution in [3.8, 4) is 0 Å². The molecule has 3 heteroatoms. The van der Waals surface area contributed by atoms with E-state index in [4.69, 9.17) is 11.6 Å². The molecule has 0 amide bonds. The van der Waals surface area contributed by atoms with Gasteiger partial charge in [0.15, 0.2) is 0 Å². The van der Waals surface area contributed by atoms with Gasteiger partial charge >= 0.3 is 0 Å². The Morgan fingerprint density at radius 3 is 1.80 bits per heavy atom. The van der Waals surface area contributed by atoms with E-state index < -0.39 is 0 Å². The Balaban J connectivity index is 1.88. The van der Waals surface area contributed by atoms with Crippen LogP contribution in [-0.4, -0.2) is 23.2 Å². The van der Waals surface area contributed by atoms with E-state index in [2.05, 4.69) is 53.4 Å². The van der Waals surface area contributed by atoms with Crippen LogP contribution in [0, 0.1) is 5.92 Å². The Morgan fingerprint density at radius 2 is 1.40 bits per heavy atom. The quantitative estimate of drug-likeness (QED) is 0.802. The number of halogens is 1. The van der Waals surface area contributed by atoms with Crippen molar-refractivity contribution in [1.82, 2.24) is 4.90 Å². The first-order valence-corrected chi connectivity index (χ1v) is 7.17. The van der Waals surface area contributed by atoms with Crippen LogP contribution in [0.5, 0.6) is 0 Å². The average molecular weight is 286 g/mol. The van der Waals surface area contributed by atoms with E-state index in [0.717, 1.165) is 13.1 Å². The van der Waals surface area contributed by atoms with Gasteiger partial charge in [0.2, 0.25) is 5.24 Å². The summed E-state index contributed by atoms with van der Waals surface area (Å²) in [6.45, 7) is 1.47. The van der Waals surface area contributed by atoms with Gasteiger partial charge in [-0.2, -0.15) is 0 Å². The van der Waals surface area contributed by atoms with Crippen molar-refractivity contribution in [1.29, 1.82) is 0 Å². The summed E-state index contributed by atoms with van der Waals surface area (Å²) in [5.74, 6) is -0.0217. The van der Waals surface area contributed by atoms with Gasteiger partial charge in [-0.1, -0.05) is 60.7 Å². The van der Waals surface area contributed by atoms with Gasteiger partial charge in [-0.05, 0) is 22.7 Å². The molecule has 0 radical (unpaired) electrons. The fourth-order valence-electron chi connectivity index (χ4n) is 2.75. The molecule has 0 atom stereocenters. The van der Waals surface area contributed by atoms with Crippen molar-refractivity contribution in [2.24, 2.45) is 5.92 Å². The van der Waals surface area contributed by atoms with Gasteiger partial charge in [-0.3, -0.25) is 9.69 Å². The number of hydrogen-bond acceptors (Lipinski definition) is 2. The van der Waals surface area contributed by atoms with Crippen molar-refractivity contribution in [2.75, 3.05) is 13.1 Å². The molecular weight excluding hydrogens is 270 g/mol. The van der Waals surface area contributed by atoms with Crippen molar-refractivity contribution >= 4 is 16.8 Å². The van der Waals surface area contributed by atoms with Crippen LogP contribution in [-0.2, 0) is 4.79 Å². The zero-order valence-corrected chi connectivity index (χ0v) is 11.8. The summed E-state index contributed by atoms with van der Waals surface area (Å²) >= 11 is 5.58. The zero-order chi connectivity index (χ0) is 13.9. The lowest BCUT2D eigenvalue weighted by Gasteiger charge is -2.43. The second kappa shape index (κ2) is 5.78. The molecule has 3 rings (SSSR count). The third-order valence-electron chi connectivity index (χ3n) is 3.83. The summed E-state index contributed by atoms with van der Waals surface area (Å²) < 4.78 is 0. The van der Waals surface area contributed by atoms with Crippen molar-refractivity contribution in [3.63, 3.8) is 0 Å². The SMILES string of the molecule is O=C(Cl)C1CN(C(c2ccccc2)c2ccccc2)C1. The van der Waals surface area contributed by atoms with Crippen LogP contribution in [0.25, 0.3) is 0 Å². The van der Waals surface area contributed by atoms with Crippen molar-refractivity contribution in [2.45, 2.75) is 6.04 Å². The molecule has 2 aromatic carbocycles. The molecule has 0 saturated carbocycles. The zero-order valence-electron chi connectivity index (χ0n) is 11.1. The van der Waals surface area contributed by atoms with E-state index in [9.17, 15) is 4.79 Å². The molecular formula is C17H16ClNO. The molecule has 2 nitrogen and oxygen atoms in total. The predicted octanol–water partition coefficient (Wildman–Crippen LogP) is 3.47. The summed E-state index contributed by atoms with van der Waals surface area (Å²) in [5, 5.41) is -0.221. The Hall–Kier alpha value is -1.64. The maximum atomic E-state index is 11.2. The molecule has 2 aromatic rings. The summed E-state index contributed by atoms with van der Waals surface area (Å²) in [4.78, 5) is 13.5. The first-order chi connectivity index (χ1) is 9.75. The van der Waals surface area contributed by atoms with Crippen LogP contribution < -0.4 is 0 Å². The summed E-state index contributed by atoms with van der Waals surface area (Å²) in [7, 11) is 0. The van der Waals surface area contributed by atoms with E-state index in [0.29, 0.717) is 0 Å². The molecule has 102 valence electrons. The third kappa shape index (κ3) is 2.62. The number of hydrogen-bond donors (Lipinski definition) is 0. The normalized spacial score (nSPS) is 16.1. The Kier molecular flexibility index (Phi) is 3.86. The van der Waals surface area contributed by atoms with E-state index >= 15 is 0 Å². The van der Waals surface area contributed by atoms with Crippen molar-refractivity contribution in [3.05, 3.63) is 71.8 Å². The molecule has 0 bridgehead atoms. The maximum Gasteiger partial charge on any atom is 0.227 e. The number of rotatable bonds is 4. The lowest BCUT2D eigenvalue weighted by molar-refractivity contribution is -0.120. The van der Waals surface area contributed by atoms with Crippen LogP contribution in [0.15, 0.2) is 60.7 Å². The van der Waals surface area contributed by atoms with Gasteiger partial charge in [0, 0.05) is 13.1 Å². The number of likely N-dealkylation sites (tertiary alicyclic amines) is 1. The molecule has 1 fully saturated rings. The van der Waals surface area contributed by atoms with Gasteiger partial charge in [0.25, 0.3) is 0 Å². The summed E-state index contributed by atoms with van der Waals surface area (Å²) in [6.07, 6.45) is 0. The molecule has 0 unspecified atom stereocenters. The fraction of sp³-hybridized carbons (Fsp3) is 0.235. The molecule has 20 heavy (non-hydrogen) atoms. The highest BCUT2D eigenvalue weighted by molar-refractivity contribution is 6.64. The van der Waals surface area contributed by atoms with Crippen LogP contribution in [0.1, 0.15) is 17.2 Å².